The molecule has 0 aromatic heterocycles. The van der Waals surface area contributed by atoms with Gasteiger partial charge in [-0.1, -0.05) is 28.4 Å². The molecule has 2 fully saturated rings. The molecule has 0 amide bonds. The van der Waals surface area contributed by atoms with Crippen LogP contribution in [0.3, 0.4) is 0 Å². The number of aryl methyl sites for hydroxylation is 1. The number of fused-ring (bicyclic) bond motifs is 2. The lowest BCUT2D eigenvalue weighted by Crippen LogP contribution is -2.38. The van der Waals surface area contributed by atoms with Crippen molar-refractivity contribution in [3.05, 3.63) is 33.8 Å². The van der Waals surface area contributed by atoms with Gasteiger partial charge in [-0.15, -0.1) is 0 Å². The van der Waals surface area contributed by atoms with Crippen molar-refractivity contribution in [2.24, 2.45) is 17.6 Å². The van der Waals surface area contributed by atoms with Crippen LogP contribution in [0.1, 0.15) is 42.9 Å². The zero-order valence-electron chi connectivity index (χ0n) is 11.9. The highest BCUT2D eigenvalue weighted by atomic mass is 79.9. The Bertz CT molecular complexity index is 516. The number of hydrogen-bond acceptors (Lipinski definition) is 2. The second kappa shape index (κ2) is 5.11. The highest BCUT2D eigenvalue weighted by Gasteiger charge is 2.42. The fourth-order valence-corrected chi connectivity index (χ4v) is 5.16. The van der Waals surface area contributed by atoms with Gasteiger partial charge in [-0.25, -0.2) is 0 Å². The van der Waals surface area contributed by atoms with Crippen LogP contribution in [0.4, 0.5) is 0 Å². The van der Waals surface area contributed by atoms with Crippen LogP contribution in [0.25, 0.3) is 0 Å². The summed E-state index contributed by atoms with van der Waals surface area (Å²) in [6.07, 6.45) is 6.50. The minimum absolute atomic E-state index is 0.449. The van der Waals surface area contributed by atoms with Gasteiger partial charge < -0.3 is 5.73 Å². The normalized spacial score (nSPS) is 36.9. The molecule has 4 atom stereocenters. The summed E-state index contributed by atoms with van der Waals surface area (Å²) in [5.41, 5.74) is 9.48. The molecule has 2 aliphatic carbocycles. The van der Waals surface area contributed by atoms with Gasteiger partial charge in [-0.05, 0) is 60.8 Å². The van der Waals surface area contributed by atoms with E-state index in [4.69, 9.17) is 5.73 Å². The number of halogens is 1. The zero-order chi connectivity index (χ0) is 13.7. The highest BCUT2D eigenvalue weighted by molar-refractivity contribution is 9.10. The quantitative estimate of drug-likeness (QED) is 0.851. The number of likely N-dealkylation sites (tertiary alicyclic amines) is 1. The molecule has 1 aliphatic heterocycles. The van der Waals surface area contributed by atoms with Crippen molar-refractivity contribution in [1.82, 2.24) is 4.90 Å². The molecule has 1 aromatic rings. The molecule has 0 radical (unpaired) electrons. The summed E-state index contributed by atoms with van der Waals surface area (Å²) in [6.45, 7) is 2.50. The first-order valence-electron chi connectivity index (χ1n) is 8.00. The van der Waals surface area contributed by atoms with Gasteiger partial charge >= 0.3 is 0 Å². The molecule has 1 saturated carbocycles. The molecule has 108 valence electrons. The Hall–Kier alpha value is -0.380. The third kappa shape index (κ3) is 2.15. The average molecular weight is 335 g/mol. The fraction of sp³-hybridized carbons (Fsp3) is 0.647. The Morgan fingerprint density at radius 2 is 2.05 bits per heavy atom. The third-order valence-corrected chi connectivity index (χ3v) is 6.27. The Morgan fingerprint density at radius 1 is 1.15 bits per heavy atom. The van der Waals surface area contributed by atoms with Crippen molar-refractivity contribution in [3.63, 3.8) is 0 Å². The predicted molar refractivity (Wildman–Crippen MR) is 85.6 cm³/mol. The van der Waals surface area contributed by atoms with Crippen LogP contribution in [0.15, 0.2) is 22.7 Å². The summed E-state index contributed by atoms with van der Waals surface area (Å²) in [7, 11) is 0. The van der Waals surface area contributed by atoms with E-state index < -0.39 is 0 Å². The van der Waals surface area contributed by atoms with E-state index in [1.54, 1.807) is 11.1 Å². The maximum atomic E-state index is 6.36. The van der Waals surface area contributed by atoms with Crippen molar-refractivity contribution in [1.29, 1.82) is 0 Å². The summed E-state index contributed by atoms with van der Waals surface area (Å²) >= 11 is 3.60. The van der Waals surface area contributed by atoms with Crippen molar-refractivity contribution >= 4 is 15.9 Å². The minimum atomic E-state index is 0.449. The smallest absolute Gasteiger partial charge is 0.0354 e. The molecule has 20 heavy (non-hydrogen) atoms. The van der Waals surface area contributed by atoms with Gasteiger partial charge in [0.15, 0.2) is 0 Å². The summed E-state index contributed by atoms with van der Waals surface area (Å²) < 4.78 is 1.22. The molecule has 3 aliphatic rings. The maximum Gasteiger partial charge on any atom is 0.0354 e. The Morgan fingerprint density at radius 3 is 2.90 bits per heavy atom. The topological polar surface area (TPSA) is 29.3 Å². The van der Waals surface area contributed by atoms with Gasteiger partial charge in [0.1, 0.15) is 0 Å². The first-order valence-corrected chi connectivity index (χ1v) is 8.79. The van der Waals surface area contributed by atoms with E-state index in [2.05, 4.69) is 39.0 Å². The molecule has 0 spiro atoms. The molecule has 1 heterocycles. The van der Waals surface area contributed by atoms with Gasteiger partial charge in [-0.3, -0.25) is 4.90 Å². The van der Waals surface area contributed by atoms with E-state index >= 15 is 0 Å². The molecule has 2 nitrogen and oxygen atoms in total. The molecule has 4 unspecified atom stereocenters. The van der Waals surface area contributed by atoms with Crippen molar-refractivity contribution < 1.29 is 0 Å². The fourth-order valence-electron chi connectivity index (χ4n) is 4.75. The van der Waals surface area contributed by atoms with Gasteiger partial charge in [-0.2, -0.15) is 0 Å². The highest BCUT2D eigenvalue weighted by Crippen LogP contribution is 2.43. The summed E-state index contributed by atoms with van der Waals surface area (Å²) in [4.78, 5) is 2.74. The Kier molecular flexibility index (Phi) is 3.40. The van der Waals surface area contributed by atoms with Crippen molar-refractivity contribution in [3.8, 4) is 0 Å². The number of benzene rings is 1. The van der Waals surface area contributed by atoms with Crippen LogP contribution in [-0.4, -0.2) is 24.0 Å². The molecule has 1 aromatic carbocycles. The molecule has 3 heteroatoms. The second-order valence-electron chi connectivity index (χ2n) is 6.87. The largest absolute Gasteiger partial charge is 0.327 e. The molecule has 2 N–H and O–H groups in total. The lowest BCUT2D eigenvalue weighted by molar-refractivity contribution is 0.230. The van der Waals surface area contributed by atoms with Crippen LogP contribution in [0, 0.1) is 11.8 Å². The summed E-state index contributed by atoms with van der Waals surface area (Å²) in [5.74, 6) is 1.61. The van der Waals surface area contributed by atoms with E-state index in [1.165, 1.54) is 49.7 Å². The van der Waals surface area contributed by atoms with Crippen molar-refractivity contribution in [2.45, 2.75) is 44.2 Å². The van der Waals surface area contributed by atoms with E-state index in [1.807, 2.05) is 0 Å². The van der Waals surface area contributed by atoms with Crippen LogP contribution >= 0.6 is 15.9 Å². The summed E-state index contributed by atoms with van der Waals surface area (Å²) in [5, 5.41) is 0. The van der Waals surface area contributed by atoms with Gasteiger partial charge in [0.25, 0.3) is 0 Å². The zero-order valence-corrected chi connectivity index (χ0v) is 13.5. The van der Waals surface area contributed by atoms with Crippen molar-refractivity contribution in [2.75, 3.05) is 13.1 Å². The number of nitrogens with two attached hydrogens (primary N) is 1. The van der Waals surface area contributed by atoms with E-state index in [9.17, 15) is 0 Å². The number of rotatable bonds is 1. The molecular weight excluding hydrogens is 312 g/mol. The lowest BCUT2D eigenvalue weighted by Gasteiger charge is -2.30. The second-order valence-corrected chi connectivity index (χ2v) is 7.79. The molecular formula is C17H23BrN2. The van der Waals surface area contributed by atoms with Crippen LogP contribution in [-0.2, 0) is 6.42 Å². The lowest BCUT2D eigenvalue weighted by atomic mass is 9.78. The molecule has 4 rings (SSSR count). The Balaban J connectivity index is 1.56. The van der Waals surface area contributed by atoms with Crippen LogP contribution in [0.2, 0.25) is 0 Å². The van der Waals surface area contributed by atoms with Gasteiger partial charge in [0.2, 0.25) is 0 Å². The maximum absolute atomic E-state index is 6.36. The standard InChI is InChI=1S/C17H23BrN2/c18-13-5-6-14-11(8-13)4-7-17(14)20-9-12-2-1-3-16(19)15(12)10-20/h5-6,8,12,15-17H,1-4,7,9-10,19H2. The first-order chi connectivity index (χ1) is 9.72. The predicted octanol–water partition coefficient (Wildman–Crippen LogP) is 3.50. The van der Waals surface area contributed by atoms with Gasteiger partial charge in [0.05, 0.1) is 0 Å². The third-order valence-electron chi connectivity index (χ3n) is 5.77. The van der Waals surface area contributed by atoms with Gasteiger partial charge in [0, 0.05) is 29.6 Å². The summed E-state index contributed by atoms with van der Waals surface area (Å²) in [6, 6.07) is 7.94. The molecule has 1 saturated heterocycles. The van der Waals surface area contributed by atoms with E-state index in [0.29, 0.717) is 12.1 Å². The average Bonchev–Trinajstić information content (AvgIpc) is 3.02. The number of nitrogens with zero attached hydrogens (tertiary/aromatic N) is 1. The monoisotopic (exact) mass is 334 g/mol. The van der Waals surface area contributed by atoms with Crippen LogP contribution in [0.5, 0.6) is 0 Å². The van der Waals surface area contributed by atoms with E-state index in [0.717, 1.165) is 11.8 Å². The van der Waals surface area contributed by atoms with Crippen LogP contribution < -0.4 is 5.73 Å². The molecule has 0 bridgehead atoms. The Labute approximate surface area is 129 Å². The minimum Gasteiger partial charge on any atom is -0.327 e. The van der Waals surface area contributed by atoms with E-state index in [-0.39, 0.29) is 0 Å². The first kappa shape index (κ1) is 13.3. The SMILES string of the molecule is NC1CCCC2CN(C3CCc4cc(Br)ccc43)CC12. The number of hydrogen-bond donors (Lipinski definition) is 1.